The number of hydrogen-bond acceptors (Lipinski definition) is 9. The van der Waals surface area contributed by atoms with Crippen molar-refractivity contribution in [3.63, 3.8) is 0 Å². The first-order valence-corrected chi connectivity index (χ1v) is 12.9. The zero-order chi connectivity index (χ0) is 22.3. The molecule has 3 aromatic heterocycles. The molecule has 168 valence electrons. The van der Waals surface area contributed by atoms with Gasteiger partial charge in [-0.05, 0) is 30.7 Å². The minimum Gasteiger partial charge on any atom is -0.467 e. The summed E-state index contributed by atoms with van der Waals surface area (Å²) in [7, 11) is -1.23. The van der Waals surface area contributed by atoms with Gasteiger partial charge in [-0.2, -0.15) is 5.10 Å². The Morgan fingerprint density at radius 3 is 2.72 bits per heavy atom. The molecule has 1 saturated heterocycles. The fourth-order valence-electron chi connectivity index (χ4n) is 4.03. The first kappa shape index (κ1) is 21.0. The Balaban J connectivity index is 1.31. The predicted octanol–water partition coefficient (Wildman–Crippen LogP) is 2.37. The van der Waals surface area contributed by atoms with Crippen LogP contribution in [0.1, 0.15) is 42.1 Å². The van der Waals surface area contributed by atoms with Gasteiger partial charge >= 0.3 is 0 Å². The van der Waals surface area contributed by atoms with Gasteiger partial charge in [-0.15, -0.1) is 10.2 Å². The molecule has 10 nitrogen and oxygen atoms in total. The summed E-state index contributed by atoms with van der Waals surface area (Å²) >= 11 is 1.24. The molecule has 0 N–H and O–H groups in total. The van der Waals surface area contributed by atoms with Crippen molar-refractivity contribution >= 4 is 33.2 Å². The first-order valence-electron chi connectivity index (χ1n) is 10.1. The van der Waals surface area contributed by atoms with Gasteiger partial charge < -0.3 is 13.4 Å². The Bertz CT molecular complexity index is 1250. The van der Waals surface area contributed by atoms with Crippen LogP contribution in [-0.2, 0) is 21.7 Å². The highest BCUT2D eigenvalue weighted by Gasteiger charge is 2.36. The second-order valence-electron chi connectivity index (χ2n) is 7.79. The van der Waals surface area contributed by atoms with Gasteiger partial charge in [-0.1, -0.05) is 11.8 Å². The lowest BCUT2D eigenvalue weighted by Crippen LogP contribution is -2.28. The molecule has 2 aliphatic heterocycles. The van der Waals surface area contributed by atoms with Gasteiger partial charge in [0.05, 0.1) is 29.8 Å². The molecule has 0 unspecified atom stereocenters. The van der Waals surface area contributed by atoms with Crippen LogP contribution in [0.25, 0.3) is 0 Å². The van der Waals surface area contributed by atoms with Crippen LogP contribution in [0.4, 0.5) is 0 Å². The smallest absolute Gasteiger partial charge is 0.253 e. The van der Waals surface area contributed by atoms with Crippen LogP contribution in [0, 0.1) is 0 Å². The molecule has 0 bridgehead atoms. The summed E-state index contributed by atoms with van der Waals surface area (Å²) in [6.07, 6.45) is 4.17. The van der Waals surface area contributed by atoms with Crippen molar-refractivity contribution in [3.05, 3.63) is 54.1 Å². The minimum absolute atomic E-state index is 0.0887. The van der Waals surface area contributed by atoms with Crippen LogP contribution < -0.4 is 0 Å². The zero-order valence-electron chi connectivity index (χ0n) is 17.2. The van der Waals surface area contributed by atoms with Crippen molar-refractivity contribution in [1.29, 1.82) is 0 Å². The Kier molecular flexibility index (Phi) is 5.41. The fraction of sp³-hybridized carbons (Fsp3) is 0.400. The molecular formula is C20H21N5O5S2. The van der Waals surface area contributed by atoms with Gasteiger partial charge in [-0.25, -0.2) is 13.4 Å². The van der Waals surface area contributed by atoms with Gasteiger partial charge in [-0.3, -0.25) is 4.79 Å². The van der Waals surface area contributed by atoms with Gasteiger partial charge in [0.1, 0.15) is 29.1 Å². The third-order valence-electron chi connectivity index (χ3n) is 5.63. The maximum atomic E-state index is 13.1. The van der Waals surface area contributed by atoms with E-state index in [4.69, 9.17) is 8.83 Å². The molecule has 0 aliphatic carbocycles. The molecule has 0 radical (unpaired) electrons. The van der Waals surface area contributed by atoms with E-state index in [0.717, 1.165) is 0 Å². The number of carbonyl (C=O) groups is 1. The third kappa shape index (κ3) is 3.99. The number of nitrogens with zero attached hydrogens (tertiary/aromatic N) is 5. The maximum Gasteiger partial charge on any atom is 0.253 e. The topological polar surface area (TPSA) is 124 Å². The highest BCUT2D eigenvalue weighted by Crippen LogP contribution is 2.34. The molecule has 2 atom stereocenters. The summed E-state index contributed by atoms with van der Waals surface area (Å²) in [6, 6.07) is 6.84. The van der Waals surface area contributed by atoms with Crippen LogP contribution in [-0.4, -0.2) is 57.1 Å². The van der Waals surface area contributed by atoms with Crippen molar-refractivity contribution in [3.8, 4) is 0 Å². The monoisotopic (exact) mass is 475 g/mol. The van der Waals surface area contributed by atoms with E-state index in [1.54, 1.807) is 36.3 Å². The number of sulfone groups is 1. The molecule has 32 heavy (non-hydrogen) atoms. The summed E-state index contributed by atoms with van der Waals surface area (Å²) in [5, 5.41) is 14.9. The molecule has 5 rings (SSSR count). The van der Waals surface area contributed by atoms with Crippen LogP contribution in [0.5, 0.6) is 0 Å². The van der Waals surface area contributed by atoms with E-state index in [2.05, 4.69) is 15.3 Å². The van der Waals surface area contributed by atoms with E-state index >= 15 is 0 Å². The molecule has 5 heterocycles. The highest BCUT2D eigenvalue weighted by atomic mass is 32.2. The number of rotatable bonds is 6. The molecule has 3 aromatic rings. The van der Waals surface area contributed by atoms with Crippen molar-refractivity contribution in [2.24, 2.45) is 12.1 Å². The second-order valence-corrected chi connectivity index (χ2v) is 11.0. The summed E-state index contributed by atoms with van der Waals surface area (Å²) < 4.78 is 36.4. The lowest BCUT2D eigenvalue weighted by Gasteiger charge is -2.19. The van der Waals surface area contributed by atoms with Gasteiger partial charge in [0.15, 0.2) is 15.0 Å². The number of thioether (sulfide) groups is 1. The lowest BCUT2D eigenvalue weighted by atomic mass is 10.1. The summed E-state index contributed by atoms with van der Waals surface area (Å²) in [4.78, 5) is 13.1. The quantitative estimate of drug-likeness (QED) is 0.498. The SMILES string of the molecule is Cn1c(SCC(=O)N2N=C(c3ccco3)C[C@H]2c2ccco2)nnc1[C@H]1CCS(=O)(=O)C1. The second kappa shape index (κ2) is 8.24. The molecular weight excluding hydrogens is 454 g/mol. The minimum atomic E-state index is -3.02. The van der Waals surface area contributed by atoms with Gasteiger partial charge in [0, 0.05) is 19.4 Å². The Labute approximate surface area is 188 Å². The van der Waals surface area contributed by atoms with Gasteiger partial charge in [0.25, 0.3) is 5.91 Å². The van der Waals surface area contributed by atoms with Crippen molar-refractivity contribution in [2.45, 2.75) is 30.0 Å². The molecule has 1 amide bonds. The van der Waals surface area contributed by atoms with Crippen LogP contribution in [0.3, 0.4) is 0 Å². The van der Waals surface area contributed by atoms with Gasteiger partial charge in [0.2, 0.25) is 0 Å². The first-order chi connectivity index (χ1) is 15.4. The summed E-state index contributed by atoms with van der Waals surface area (Å²) in [6.45, 7) is 0. The maximum absolute atomic E-state index is 13.1. The Morgan fingerprint density at radius 1 is 1.22 bits per heavy atom. The standard InChI is InChI=1S/C20H21N5O5S2/c1-24-19(13-6-9-32(27,28)12-13)21-22-20(24)31-11-18(26)25-15(17-5-3-8-30-17)10-14(23-25)16-4-2-7-29-16/h2-5,7-8,13,15H,6,9-12H2,1H3/t13-,15-/m0/s1. The van der Waals surface area contributed by atoms with E-state index in [1.165, 1.54) is 16.8 Å². The normalized spacial score (nSPS) is 22.4. The summed E-state index contributed by atoms with van der Waals surface area (Å²) in [5.41, 5.74) is 0.679. The van der Waals surface area contributed by atoms with Crippen molar-refractivity contribution in [1.82, 2.24) is 19.8 Å². The van der Waals surface area contributed by atoms with E-state index in [1.807, 2.05) is 12.1 Å². The molecule has 1 fully saturated rings. The number of hydrogen-bond donors (Lipinski definition) is 0. The average molecular weight is 476 g/mol. The number of amides is 1. The number of hydrazone groups is 1. The Hall–Kier alpha value is -2.86. The number of furan rings is 2. The third-order valence-corrected chi connectivity index (χ3v) is 8.41. The fourth-order valence-corrected chi connectivity index (χ4v) is 6.54. The van der Waals surface area contributed by atoms with E-state index in [9.17, 15) is 13.2 Å². The zero-order valence-corrected chi connectivity index (χ0v) is 18.9. The lowest BCUT2D eigenvalue weighted by molar-refractivity contribution is -0.130. The molecule has 0 aromatic carbocycles. The number of carbonyl (C=O) groups excluding carboxylic acids is 1. The van der Waals surface area contributed by atoms with E-state index in [0.29, 0.717) is 41.1 Å². The molecule has 12 heteroatoms. The average Bonchev–Trinajstić information content (AvgIpc) is 3.55. The van der Waals surface area contributed by atoms with E-state index < -0.39 is 9.84 Å². The van der Waals surface area contributed by atoms with Crippen LogP contribution in [0.2, 0.25) is 0 Å². The molecule has 2 aliphatic rings. The van der Waals surface area contributed by atoms with E-state index in [-0.39, 0.29) is 35.1 Å². The molecule has 0 saturated carbocycles. The largest absolute Gasteiger partial charge is 0.467 e. The van der Waals surface area contributed by atoms with Crippen LogP contribution in [0.15, 0.2) is 55.9 Å². The Morgan fingerprint density at radius 2 is 2.03 bits per heavy atom. The van der Waals surface area contributed by atoms with Crippen LogP contribution >= 0.6 is 11.8 Å². The number of aromatic nitrogens is 3. The summed E-state index contributed by atoms with van der Waals surface area (Å²) in [5.74, 6) is 1.90. The van der Waals surface area contributed by atoms with Crippen molar-refractivity contribution < 1.29 is 22.0 Å². The highest BCUT2D eigenvalue weighted by molar-refractivity contribution is 7.99. The molecule has 0 spiro atoms. The predicted molar refractivity (Wildman–Crippen MR) is 116 cm³/mol. The van der Waals surface area contributed by atoms with Crippen molar-refractivity contribution in [2.75, 3.05) is 17.3 Å².